The molecule has 1 rings (SSSR count). The van der Waals surface area contributed by atoms with E-state index in [1.54, 1.807) is 0 Å². The van der Waals surface area contributed by atoms with Gasteiger partial charge in [0.2, 0.25) is 5.92 Å². The zero-order valence-corrected chi connectivity index (χ0v) is 7.32. The zero-order chi connectivity index (χ0) is 9.35. The highest BCUT2D eigenvalue weighted by atomic mass is 19.3. The summed E-state index contributed by atoms with van der Waals surface area (Å²) in [5.41, 5.74) is 5.83. The smallest absolute Gasteiger partial charge is 0.249 e. The molecule has 0 aliphatic heterocycles. The molecular weight excluding hydrogens is 160 g/mol. The lowest BCUT2D eigenvalue weighted by molar-refractivity contribution is -0.0636. The summed E-state index contributed by atoms with van der Waals surface area (Å²) in [6, 6.07) is 0. The third-order valence-corrected chi connectivity index (χ3v) is 2.40. The number of hydrogen-bond acceptors (Lipinski definition) is 1. The van der Waals surface area contributed by atoms with Crippen LogP contribution in [0.25, 0.3) is 0 Å². The fourth-order valence-corrected chi connectivity index (χ4v) is 1.89. The van der Waals surface area contributed by atoms with E-state index in [0.717, 1.165) is 6.42 Å². The van der Waals surface area contributed by atoms with Crippen molar-refractivity contribution in [3.63, 3.8) is 0 Å². The minimum absolute atomic E-state index is 0.00319. The molecule has 2 atom stereocenters. The van der Waals surface area contributed by atoms with Crippen molar-refractivity contribution in [1.29, 1.82) is 0 Å². The zero-order valence-electron chi connectivity index (χ0n) is 7.32. The molecule has 2 unspecified atom stereocenters. The molecule has 1 nitrogen and oxygen atoms in total. The molecule has 0 aromatic carbocycles. The molecule has 1 aliphatic carbocycles. The lowest BCUT2D eigenvalue weighted by Crippen LogP contribution is -2.32. The number of hydrogen-bond donors (Lipinski definition) is 1. The van der Waals surface area contributed by atoms with E-state index >= 15 is 0 Å². The van der Waals surface area contributed by atoms with Gasteiger partial charge in [0, 0.05) is 24.5 Å². The van der Waals surface area contributed by atoms with Crippen molar-refractivity contribution in [2.24, 2.45) is 17.6 Å². The van der Waals surface area contributed by atoms with Gasteiger partial charge in [-0.1, -0.05) is 13.5 Å². The molecule has 1 saturated carbocycles. The van der Waals surface area contributed by atoms with Gasteiger partial charge in [0.15, 0.2) is 0 Å². The number of rotatable bonds is 1. The Morgan fingerprint density at radius 3 is 2.50 bits per heavy atom. The molecule has 2 N–H and O–H groups in total. The van der Waals surface area contributed by atoms with Gasteiger partial charge < -0.3 is 5.73 Å². The predicted octanol–water partition coefficient (Wildman–Crippen LogP) is 2.53. The molecule has 0 heterocycles. The summed E-state index contributed by atoms with van der Waals surface area (Å²) in [6.07, 6.45) is 0.633. The van der Waals surface area contributed by atoms with Crippen LogP contribution in [0, 0.1) is 11.8 Å². The van der Waals surface area contributed by atoms with Crippen LogP contribution in [0.15, 0.2) is 12.3 Å². The second-order valence-electron chi connectivity index (χ2n) is 3.88. The Labute approximate surface area is 71.6 Å². The summed E-state index contributed by atoms with van der Waals surface area (Å²) >= 11 is 0. The van der Waals surface area contributed by atoms with Crippen LogP contribution in [0.3, 0.4) is 0 Å². The Morgan fingerprint density at radius 2 is 2.08 bits per heavy atom. The quantitative estimate of drug-likeness (QED) is 0.651. The summed E-state index contributed by atoms with van der Waals surface area (Å²) in [6.45, 7) is 5.36. The van der Waals surface area contributed by atoms with Crippen molar-refractivity contribution < 1.29 is 8.78 Å². The highest BCUT2D eigenvalue weighted by Gasteiger charge is 2.39. The maximum absolute atomic E-state index is 13.0. The van der Waals surface area contributed by atoms with Gasteiger partial charge in [-0.05, 0) is 12.3 Å². The Bertz CT molecular complexity index is 189. The van der Waals surface area contributed by atoms with Crippen molar-refractivity contribution in [2.45, 2.75) is 32.1 Å². The van der Waals surface area contributed by atoms with Crippen molar-refractivity contribution in [3.05, 3.63) is 12.3 Å². The van der Waals surface area contributed by atoms with Gasteiger partial charge in [-0.3, -0.25) is 0 Å². The van der Waals surface area contributed by atoms with Crippen molar-refractivity contribution >= 4 is 0 Å². The maximum atomic E-state index is 13.0. The van der Waals surface area contributed by atoms with Crippen LogP contribution < -0.4 is 5.73 Å². The first-order valence-electron chi connectivity index (χ1n) is 4.23. The molecule has 3 heteroatoms. The van der Waals surface area contributed by atoms with E-state index in [-0.39, 0.29) is 24.7 Å². The predicted molar refractivity (Wildman–Crippen MR) is 44.8 cm³/mol. The topological polar surface area (TPSA) is 26.0 Å². The van der Waals surface area contributed by atoms with Gasteiger partial charge >= 0.3 is 0 Å². The summed E-state index contributed by atoms with van der Waals surface area (Å²) < 4.78 is 25.9. The average molecular weight is 175 g/mol. The van der Waals surface area contributed by atoms with E-state index in [4.69, 9.17) is 5.73 Å². The fourth-order valence-electron chi connectivity index (χ4n) is 1.89. The van der Waals surface area contributed by atoms with Crippen LogP contribution in [0.5, 0.6) is 0 Å². The van der Waals surface area contributed by atoms with Gasteiger partial charge in [-0.25, -0.2) is 8.78 Å². The third-order valence-electron chi connectivity index (χ3n) is 2.40. The SMILES string of the molecule is C=C(N)C1CC(C)CC(F)(F)C1. The number of alkyl halides is 2. The molecular formula is C9H15F2N. The molecule has 0 bridgehead atoms. The van der Waals surface area contributed by atoms with Crippen LogP contribution in [-0.4, -0.2) is 5.92 Å². The first-order valence-corrected chi connectivity index (χ1v) is 4.23. The van der Waals surface area contributed by atoms with Gasteiger partial charge in [-0.2, -0.15) is 0 Å². The van der Waals surface area contributed by atoms with Gasteiger partial charge in [0.25, 0.3) is 0 Å². The van der Waals surface area contributed by atoms with Crippen LogP contribution in [0.2, 0.25) is 0 Å². The first kappa shape index (κ1) is 9.49. The molecule has 1 aliphatic rings. The fraction of sp³-hybridized carbons (Fsp3) is 0.778. The van der Waals surface area contributed by atoms with Crippen molar-refractivity contribution in [2.75, 3.05) is 0 Å². The van der Waals surface area contributed by atoms with Crippen LogP contribution in [-0.2, 0) is 0 Å². The van der Waals surface area contributed by atoms with Crippen molar-refractivity contribution in [1.82, 2.24) is 0 Å². The molecule has 70 valence electrons. The molecule has 1 fully saturated rings. The molecule has 0 radical (unpaired) electrons. The minimum atomic E-state index is -2.54. The van der Waals surface area contributed by atoms with Gasteiger partial charge in [0.1, 0.15) is 0 Å². The van der Waals surface area contributed by atoms with Gasteiger partial charge in [0.05, 0.1) is 0 Å². The second-order valence-corrected chi connectivity index (χ2v) is 3.88. The summed E-state index contributed by atoms with van der Waals surface area (Å²) in [5, 5.41) is 0. The first-order chi connectivity index (χ1) is 5.41. The average Bonchev–Trinajstić information content (AvgIpc) is 1.82. The van der Waals surface area contributed by atoms with Crippen LogP contribution in [0.1, 0.15) is 26.2 Å². The number of nitrogens with two attached hydrogens (primary N) is 1. The van der Waals surface area contributed by atoms with Crippen molar-refractivity contribution in [3.8, 4) is 0 Å². The summed E-state index contributed by atoms with van der Waals surface area (Å²) in [7, 11) is 0. The largest absolute Gasteiger partial charge is 0.402 e. The molecule has 0 aromatic heterocycles. The summed E-state index contributed by atoms with van der Waals surface area (Å²) in [5.74, 6) is -2.67. The lowest BCUT2D eigenvalue weighted by atomic mass is 9.79. The molecule has 0 aromatic rings. The lowest BCUT2D eigenvalue weighted by Gasteiger charge is -2.33. The highest BCUT2D eigenvalue weighted by molar-refractivity contribution is 4.99. The molecule has 0 saturated heterocycles. The van der Waals surface area contributed by atoms with E-state index < -0.39 is 5.92 Å². The monoisotopic (exact) mass is 175 g/mol. The normalized spacial score (nSPS) is 34.6. The maximum Gasteiger partial charge on any atom is 0.249 e. The molecule has 12 heavy (non-hydrogen) atoms. The van der Waals surface area contributed by atoms with Crippen LogP contribution >= 0.6 is 0 Å². The van der Waals surface area contributed by atoms with E-state index in [0.29, 0.717) is 5.70 Å². The highest BCUT2D eigenvalue weighted by Crippen LogP contribution is 2.41. The van der Waals surface area contributed by atoms with Gasteiger partial charge in [-0.15, -0.1) is 0 Å². The summed E-state index contributed by atoms with van der Waals surface area (Å²) in [4.78, 5) is 0. The molecule has 0 amide bonds. The molecule has 0 spiro atoms. The number of halogens is 2. The third kappa shape index (κ3) is 2.19. The van der Waals surface area contributed by atoms with E-state index in [9.17, 15) is 8.78 Å². The van der Waals surface area contributed by atoms with Crippen LogP contribution in [0.4, 0.5) is 8.78 Å². The van der Waals surface area contributed by atoms with E-state index in [1.165, 1.54) is 0 Å². The Balaban J connectivity index is 2.64. The standard InChI is InChI=1S/C9H15F2N/c1-6-3-8(7(2)12)5-9(10,11)4-6/h6,8H,2-5,12H2,1H3. The Kier molecular flexibility index (Phi) is 2.40. The Morgan fingerprint density at radius 1 is 1.50 bits per heavy atom. The number of allylic oxidation sites excluding steroid dienone is 1. The second kappa shape index (κ2) is 3.04. The van der Waals surface area contributed by atoms with E-state index in [2.05, 4.69) is 6.58 Å². The van der Waals surface area contributed by atoms with E-state index in [1.807, 2.05) is 6.92 Å². The Hall–Kier alpha value is -0.600. The minimum Gasteiger partial charge on any atom is -0.402 e.